The molecule has 86 valence electrons. The summed E-state index contributed by atoms with van der Waals surface area (Å²) in [6, 6.07) is 3.87. The molecular formula is C11H13NO3S. The van der Waals surface area contributed by atoms with E-state index in [4.69, 9.17) is 5.11 Å². The maximum atomic E-state index is 11.6. The van der Waals surface area contributed by atoms with Gasteiger partial charge in [0.1, 0.15) is 0 Å². The standard InChI is InChI=1S/C11H13NO3S/c1-2-12(8-9-4-3-7-16-9)10(13)5-6-11(14)15/h3-7H,2,8H2,1H3,(H,14,15)/b6-5+. The molecule has 1 amide bonds. The van der Waals surface area contributed by atoms with Crippen molar-refractivity contribution in [2.45, 2.75) is 13.5 Å². The van der Waals surface area contributed by atoms with Crippen molar-refractivity contribution in [3.05, 3.63) is 34.5 Å². The molecule has 5 heteroatoms. The number of rotatable bonds is 5. The van der Waals surface area contributed by atoms with Crippen LogP contribution in [0.1, 0.15) is 11.8 Å². The first-order valence-electron chi connectivity index (χ1n) is 4.85. The van der Waals surface area contributed by atoms with Crippen LogP contribution in [0.2, 0.25) is 0 Å². The predicted molar refractivity (Wildman–Crippen MR) is 62.2 cm³/mol. The van der Waals surface area contributed by atoms with Gasteiger partial charge in [0.2, 0.25) is 5.91 Å². The second-order valence-corrected chi connectivity index (χ2v) is 4.14. The van der Waals surface area contributed by atoms with E-state index in [0.717, 1.165) is 17.0 Å². The predicted octanol–water partition coefficient (Wildman–Crippen LogP) is 1.74. The van der Waals surface area contributed by atoms with Gasteiger partial charge in [-0.15, -0.1) is 11.3 Å². The summed E-state index contributed by atoms with van der Waals surface area (Å²) in [5.41, 5.74) is 0. The Hall–Kier alpha value is -1.62. The number of nitrogens with zero attached hydrogens (tertiary/aromatic N) is 1. The first kappa shape index (κ1) is 12.4. The highest BCUT2D eigenvalue weighted by Gasteiger charge is 2.09. The number of aliphatic carboxylic acids is 1. The molecule has 0 aliphatic carbocycles. The van der Waals surface area contributed by atoms with Crippen LogP contribution in [0.4, 0.5) is 0 Å². The van der Waals surface area contributed by atoms with Gasteiger partial charge < -0.3 is 10.0 Å². The van der Waals surface area contributed by atoms with Crippen LogP contribution in [0.3, 0.4) is 0 Å². The summed E-state index contributed by atoms with van der Waals surface area (Å²) >= 11 is 1.57. The van der Waals surface area contributed by atoms with E-state index in [1.54, 1.807) is 16.2 Å². The molecule has 0 saturated carbocycles. The highest BCUT2D eigenvalue weighted by Crippen LogP contribution is 2.11. The van der Waals surface area contributed by atoms with E-state index in [-0.39, 0.29) is 5.91 Å². The molecule has 0 aliphatic rings. The average molecular weight is 239 g/mol. The minimum Gasteiger partial charge on any atom is -0.478 e. The molecule has 0 spiro atoms. The maximum absolute atomic E-state index is 11.6. The lowest BCUT2D eigenvalue weighted by Crippen LogP contribution is -2.28. The van der Waals surface area contributed by atoms with Gasteiger partial charge >= 0.3 is 5.97 Å². The summed E-state index contributed by atoms with van der Waals surface area (Å²) in [6.45, 7) is 2.94. The van der Waals surface area contributed by atoms with E-state index in [0.29, 0.717) is 13.1 Å². The molecule has 1 rings (SSSR count). The van der Waals surface area contributed by atoms with Crippen molar-refractivity contribution < 1.29 is 14.7 Å². The van der Waals surface area contributed by atoms with Gasteiger partial charge in [0, 0.05) is 23.6 Å². The SMILES string of the molecule is CCN(Cc1cccs1)C(=O)/C=C/C(=O)O. The van der Waals surface area contributed by atoms with E-state index < -0.39 is 5.97 Å². The fraction of sp³-hybridized carbons (Fsp3) is 0.273. The van der Waals surface area contributed by atoms with E-state index in [1.165, 1.54) is 0 Å². The van der Waals surface area contributed by atoms with E-state index in [1.807, 2.05) is 24.4 Å². The number of carboxylic acid groups (broad SMARTS) is 1. The highest BCUT2D eigenvalue weighted by atomic mass is 32.1. The van der Waals surface area contributed by atoms with Gasteiger partial charge in [0.05, 0.1) is 6.54 Å². The Labute approximate surface area is 97.8 Å². The highest BCUT2D eigenvalue weighted by molar-refractivity contribution is 7.09. The number of carboxylic acids is 1. The molecule has 1 aromatic rings. The third-order valence-corrected chi connectivity index (χ3v) is 2.85. The van der Waals surface area contributed by atoms with Crippen molar-refractivity contribution >= 4 is 23.2 Å². The largest absolute Gasteiger partial charge is 0.478 e. The molecule has 4 nitrogen and oxygen atoms in total. The normalized spacial score (nSPS) is 10.6. The minimum absolute atomic E-state index is 0.279. The van der Waals surface area contributed by atoms with Crippen LogP contribution in [0, 0.1) is 0 Å². The summed E-state index contributed by atoms with van der Waals surface area (Å²) in [5.74, 6) is -1.39. The summed E-state index contributed by atoms with van der Waals surface area (Å²) in [6.07, 6.45) is 1.94. The van der Waals surface area contributed by atoms with Crippen LogP contribution < -0.4 is 0 Å². The van der Waals surface area contributed by atoms with Crippen LogP contribution in [0.15, 0.2) is 29.7 Å². The Balaban J connectivity index is 2.60. The second-order valence-electron chi connectivity index (χ2n) is 3.10. The number of hydrogen-bond acceptors (Lipinski definition) is 3. The lowest BCUT2D eigenvalue weighted by Gasteiger charge is -2.17. The zero-order chi connectivity index (χ0) is 12.0. The average Bonchev–Trinajstić information content (AvgIpc) is 2.75. The van der Waals surface area contributed by atoms with Crippen molar-refractivity contribution in [1.29, 1.82) is 0 Å². The number of carbonyl (C=O) groups excluding carboxylic acids is 1. The molecule has 0 unspecified atom stereocenters. The van der Waals surface area contributed by atoms with E-state index in [9.17, 15) is 9.59 Å². The molecule has 1 aromatic heterocycles. The maximum Gasteiger partial charge on any atom is 0.328 e. The number of amides is 1. The molecule has 0 bridgehead atoms. The molecule has 0 aromatic carbocycles. The second kappa shape index (κ2) is 6.07. The van der Waals surface area contributed by atoms with Crippen LogP contribution in [-0.4, -0.2) is 28.4 Å². The Morgan fingerprint density at radius 3 is 2.75 bits per heavy atom. The Morgan fingerprint density at radius 2 is 2.25 bits per heavy atom. The van der Waals surface area contributed by atoms with E-state index in [2.05, 4.69) is 0 Å². The molecule has 1 N–H and O–H groups in total. The van der Waals surface area contributed by atoms with Gasteiger partial charge in [-0.2, -0.15) is 0 Å². The molecule has 0 atom stereocenters. The quantitative estimate of drug-likeness (QED) is 0.796. The van der Waals surface area contributed by atoms with Gasteiger partial charge in [-0.3, -0.25) is 4.79 Å². The van der Waals surface area contributed by atoms with Crippen LogP contribution >= 0.6 is 11.3 Å². The van der Waals surface area contributed by atoms with Crippen molar-refractivity contribution in [1.82, 2.24) is 4.90 Å². The number of likely N-dealkylation sites (N-methyl/N-ethyl adjacent to an activating group) is 1. The lowest BCUT2D eigenvalue weighted by molar-refractivity contribution is -0.132. The molecule has 16 heavy (non-hydrogen) atoms. The molecule has 1 heterocycles. The van der Waals surface area contributed by atoms with Crippen molar-refractivity contribution in [2.24, 2.45) is 0 Å². The Kier molecular flexibility index (Phi) is 4.72. The number of hydrogen-bond donors (Lipinski definition) is 1. The topological polar surface area (TPSA) is 57.6 Å². The third kappa shape index (κ3) is 3.86. The van der Waals surface area contributed by atoms with Crippen molar-refractivity contribution in [3.63, 3.8) is 0 Å². The first-order chi connectivity index (χ1) is 7.63. The summed E-state index contributed by atoms with van der Waals surface area (Å²) in [5, 5.41) is 10.4. The molecule has 0 saturated heterocycles. The molecule has 0 fully saturated rings. The Bertz CT molecular complexity index is 384. The Morgan fingerprint density at radius 1 is 1.50 bits per heavy atom. The van der Waals surface area contributed by atoms with Gasteiger partial charge in [0.15, 0.2) is 0 Å². The van der Waals surface area contributed by atoms with Crippen LogP contribution in [0.5, 0.6) is 0 Å². The fourth-order valence-electron chi connectivity index (χ4n) is 1.18. The number of carbonyl (C=O) groups is 2. The summed E-state index contributed by atoms with van der Waals surface area (Å²) in [4.78, 5) is 24.5. The zero-order valence-electron chi connectivity index (χ0n) is 8.92. The zero-order valence-corrected chi connectivity index (χ0v) is 9.74. The minimum atomic E-state index is -1.11. The monoisotopic (exact) mass is 239 g/mol. The van der Waals surface area contributed by atoms with Crippen molar-refractivity contribution in [2.75, 3.05) is 6.54 Å². The van der Waals surface area contributed by atoms with Gasteiger partial charge in [0.25, 0.3) is 0 Å². The van der Waals surface area contributed by atoms with Gasteiger partial charge in [-0.25, -0.2) is 4.79 Å². The summed E-state index contributed by atoms with van der Waals surface area (Å²) < 4.78 is 0. The molecular weight excluding hydrogens is 226 g/mol. The van der Waals surface area contributed by atoms with Crippen molar-refractivity contribution in [3.8, 4) is 0 Å². The fourth-order valence-corrected chi connectivity index (χ4v) is 1.90. The first-order valence-corrected chi connectivity index (χ1v) is 5.73. The smallest absolute Gasteiger partial charge is 0.328 e. The van der Waals surface area contributed by atoms with Gasteiger partial charge in [-0.05, 0) is 18.4 Å². The molecule has 0 aliphatic heterocycles. The number of thiophene rings is 1. The molecule has 0 radical (unpaired) electrons. The van der Waals surface area contributed by atoms with Crippen LogP contribution in [-0.2, 0) is 16.1 Å². The van der Waals surface area contributed by atoms with Crippen LogP contribution in [0.25, 0.3) is 0 Å². The van der Waals surface area contributed by atoms with Gasteiger partial charge in [-0.1, -0.05) is 6.07 Å². The summed E-state index contributed by atoms with van der Waals surface area (Å²) in [7, 11) is 0. The van der Waals surface area contributed by atoms with E-state index >= 15 is 0 Å². The lowest BCUT2D eigenvalue weighted by atomic mass is 10.3. The third-order valence-electron chi connectivity index (χ3n) is 1.99.